The maximum atomic E-state index is 11.6. The summed E-state index contributed by atoms with van der Waals surface area (Å²) in [6, 6.07) is 2.31. The highest BCUT2D eigenvalue weighted by Gasteiger charge is 2.21. The van der Waals surface area contributed by atoms with Gasteiger partial charge in [-0.3, -0.25) is 10.1 Å². The summed E-state index contributed by atoms with van der Waals surface area (Å²) < 4.78 is 32.0. The van der Waals surface area contributed by atoms with Crippen molar-refractivity contribution in [3.63, 3.8) is 0 Å². The second kappa shape index (κ2) is 6.87. The molecule has 8 heteroatoms. The van der Waals surface area contributed by atoms with Gasteiger partial charge < -0.3 is 9.15 Å². The molecule has 0 radical (unpaired) electrons. The molecule has 0 spiro atoms. The third-order valence-corrected chi connectivity index (χ3v) is 3.41. The fraction of sp³-hybridized carbons (Fsp3) is 0.583. The molecule has 0 aliphatic carbocycles. The predicted molar refractivity (Wildman–Crippen MR) is 72.2 cm³/mol. The van der Waals surface area contributed by atoms with E-state index >= 15 is 0 Å². The molecule has 0 saturated heterocycles. The summed E-state index contributed by atoms with van der Waals surface area (Å²) in [6.07, 6.45) is 0.607. The minimum atomic E-state index is -3.85. The Morgan fingerprint density at radius 1 is 1.45 bits per heavy atom. The van der Waals surface area contributed by atoms with Gasteiger partial charge in [-0.05, 0) is 24.5 Å². The molecule has 0 bridgehead atoms. The smallest absolute Gasteiger partial charge is 0.322 e. The van der Waals surface area contributed by atoms with Crippen LogP contribution in [0.4, 0.5) is 0 Å². The Morgan fingerprint density at radius 3 is 2.55 bits per heavy atom. The molecular weight excluding hydrogens is 284 g/mol. The lowest BCUT2D eigenvalue weighted by atomic mass is 10.0. The molecule has 1 rings (SSSR count). The van der Waals surface area contributed by atoms with Crippen molar-refractivity contribution in [1.29, 1.82) is 0 Å². The fourth-order valence-corrected chi connectivity index (χ4v) is 2.19. The highest BCUT2D eigenvalue weighted by atomic mass is 32.2. The van der Waals surface area contributed by atoms with E-state index in [1.165, 1.54) is 19.2 Å². The van der Waals surface area contributed by atoms with Gasteiger partial charge in [0.1, 0.15) is 11.8 Å². The SMILES string of the molecule is COC(=O)C(CC(C)C)NCc1ccc(S(N)(=O)=O)o1. The van der Waals surface area contributed by atoms with Crippen molar-refractivity contribution in [3.05, 3.63) is 17.9 Å². The van der Waals surface area contributed by atoms with Crippen molar-refractivity contribution in [2.24, 2.45) is 11.1 Å². The number of ether oxygens (including phenoxy) is 1. The number of sulfonamides is 1. The number of rotatable bonds is 7. The van der Waals surface area contributed by atoms with Crippen molar-refractivity contribution in [1.82, 2.24) is 5.32 Å². The van der Waals surface area contributed by atoms with Crippen LogP contribution in [0.15, 0.2) is 21.6 Å². The highest BCUT2D eigenvalue weighted by molar-refractivity contribution is 7.89. The molecule has 1 aromatic rings. The van der Waals surface area contributed by atoms with Crippen LogP contribution in [-0.4, -0.2) is 27.5 Å². The van der Waals surface area contributed by atoms with E-state index < -0.39 is 16.1 Å². The number of nitrogens with two attached hydrogens (primary N) is 1. The lowest BCUT2D eigenvalue weighted by Crippen LogP contribution is -2.38. The molecule has 0 aromatic carbocycles. The number of hydrogen-bond donors (Lipinski definition) is 2. The minimum absolute atomic E-state index is 0.210. The van der Waals surface area contributed by atoms with Crippen molar-refractivity contribution in [2.45, 2.75) is 37.9 Å². The lowest BCUT2D eigenvalue weighted by molar-refractivity contribution is -0.143. The maximum absolute atomic E-state index is 11.6. The summed E-state index contributed by atoms with van der Waals surface area (Å²) in [4.78, 5) is 11.6. The van der Waals surface area contributed by atoms with Crippen LogP contribution in [0, 0.1) is 5.92 Å². The standard InChI is InChI=1S/C12H20N2O5S/c1-8(2)6-10(12(15)18-3)14-7-9-4-5-11(19-9)20(13,16)17/h4-5,8,10,14H,6-7H2,1-3H3,(H2,13,16,17). The zero-order valence-electron chi connectivity index (χ0n) is 11.8. The zero-order chi connectivity index (χ0) is 15.3. The molecule has 1 heterocycles. The van der Waals surface area contributed by atoms with Crippen molar-refractivity contribution in [2.75, 3.05) is 7.11 Å². The van der Waals surface area contributed by atoms with Crippen LogP contribution in [0.5, 0.6) is 0 Å². The topological polar surface area (TPSA) is 112 Å². The largest absolute Gasteiger partial charge is 0.468 e. The Morgan fingerprint density at radius 2 is 2.10 bits per heavy atom. The first-order valence-electron chi connectivity index (χ1n) is 6.16. The van der Waals surface area contributed by atoms with Gasteiger partial charge in [0, 0.05) is 0 Å². The Balaban J connectivity index is 2.68. The van der Waals surface area contributed by atoms with Crippen LogP contribution < -0.4 is 10.5 Å². The Kier molecular flexibility index (Phi) is 5.73. The number of carbonyl (C=O) groups excluding carboxylic acids is 1. The van der Waals surface area contributed by atoms with Gasteiger partial charge in [-0.25, -0.2) is 13.6 Å². The molecule has 3 N–H and O–H groups in total. The summed E-state index contributed by atoms with van der Waals surface area (Å²) in [7, 11) is -2.52. The van der Waals surface area contributed by atoms with Gasteiger partial charge in [-0.2, -0.15) is 0 Å². The quantitative estimate of drug-likeness (QED) is 0.714. The number of esters is 1. The van der Waals surface area contributed by atoms with Gasteiger partial charge in [0.25, 0.3) is 10.0 Å². The average Bonchev–Trinajstić information content (AvgIpc) is 2.81. The van der Waals surface area contributed by atoms with Gasteiger partial charge in [0.15, 0.2) is 0 Å². The monoisotopic (exact) mass is 304 g/mol. The van der Waals surface area contributed by atoms with E-state index in [1.807, 2.05) is 13.8 Å². The molecule has 7 nitrogen and oxygen atoms in total. The minimum Gasteiger partial charge on any atom is -0.468 e. The molecule has 0 fully saturated rings. The van der Waals surface area contributed by atoms with E-state index in [4.69, 9.17) is 14.3 Å². The first kappa shape index (κ1) is 16.7. The molecule has 0 amide bonds. The van der Waals surface area contributed by atoms with Crippen LogP contribution in [0.25, 0.3) is 0 Å². The fourth-order valence-electron chi connectivity index (χ4n) is 1.71. The van der Waals surface area contributed by atoms with Gasteiger partial charge >= 0.3 is 5.97 Å². The molecule has 1 unspecified atom stereocenters. The highest BCUT2D eigenvalue weighted by Crippen LogP contribution is 2.13. The zero-order valence-corrected chi connectivity index (χ0v) is 12.6. The van der Waals surface area contributed by atoms with Crippen LogP contribution in [0.1, 0.15) is 26.0 Å². The van der Waals surface area contributed by atoms with E-state index in [1.54, 1.807) is 0 Å². The third kappa shape index (κ3) is 4.95. The van der Waals surface area contributed by atoms with Gasteiger partial charge in [-0.1, -0.05) is 13.8 Å². The molecule has 1 atom stereocenters. The van der Waals surface area contributed by atoms with Crippen LogP contribution in [0.2, 0.25) is 0 Å². The van der Waals surface area contributed by atoms with Gasteiger partial charge in [0.05, 0.1) is 13.7 Å². The van der Waals surface area contributed by atoms with Gasteiger partial charge in [0.2, 0.25) is 5.09 Å². The second-order valence-electron chi connectivity index (χ2n) is 4.85. The number of furan rings is 1. The van der Waals surface area contributed by atoms with Crippen LogP contribution in [-0.2, 0) is 26.1 Å². The maximum Gasteiger partial charge on any atom is 0.322 e. The summed E-state index contributed by atoms with van der Waals surface area (Å²) in [5.41, 5.74) is 0. The third-order valence-electron chi connectivity index (χ3n) is 2.63. The second-order valence-corrected chi connectivity index (χ2v) is 6.34. The summed E-state index contributed by atoms with van der Waals surface area (Å²) in [5, 5.41) is 7.63. The van der Waals surface area contributed by atoms with E-state index in [0.29, 0.717) is 18.1 Å². The van der Waals surface area contributed by atoms with E-state index in [0.717, 1.165) is 0 Å². The number of primary sulfonamides is 1. The summed E-state index contributed by atoms with van der Waals surface area (Å²) >= 11 is 0. The lowest BCUT2D eigenvalue weighted by Gasteiger charge is -2.17. The Bertz CT molecular complexity index is 550. The molecule has 0 saturated carbocycles. The molecule has 0 aliphatic rings. The molecule has 1 aromatic heterocycles. The number of hydrogen-bond acceptors (Lipinski definition) is 6. The predicted octanol–water partition coefficient (Wildman–Crippen LogP) is 0.604. The Labute approximate surface area is 118 Å². The Hall–Kier alpha value is -1.38. The van der Waals surface area contributed by atoms with E-state index in [2.05, 4.69) is 5.32 Å². The number of nitrogens with one attached hydrogen (secondary N) is 1. The molecule has 20 heavy (non-hydrogen) atoms. The average molecular weight is 304 g/mol. The summed E-state index contributed by atoms with van der Waals surface area (Å²) in [5.74, 6) is 0.326. The first-order valence-corrected chi connectivity index (χ1v) is 7.71. The first-order chi connectivity index (χ1) is 9.24. The van der Waals surface area contributed by atoms with Crippen LogP contribution >= 0.6 is 0 Å². The van der Waals surface area contributed by atoms with Crippen molar-refractivity contribution >= 4 is 16.0 Å². The number of methoxy groups -OCH3 is 1. The van der Waals surface area contributed by atoms with E-state index in [-0.39, 0.29) is 17.6 Å². The van der Waals surface area contributed by atoms with E-state index in [9.17, 15) is 13.2 Å². The van der Waals surface area contributed by atoms with Gasteiger partial charge in [-0.15, -0.1) is 0 Å². The van der Waals surface area contributed by atoms with Crippen LogP contribution in [0.3, 0.4) is 0 Å². The summed E-state index contributed by atoms with van der Waals surface area (Å²) in [6.45, 7) is 4.19. The normalized spacial score (nSPS) is 13.4. The molecular formula is C12H20N2O5S. The van der Waals surface area contributed by atoms with Crippen molar-refractivity contribution in [3.8, 4) is 0 Å². The number of carbonyl (C=O) groups is 1. The van der Waals surface area contributed by atoms with Crippen molar-refractivity contribution < 1.29 is 22.4 Å². The molecule has 114 valence electrons. The molecule has 0 aliphatic heterocycles.